The third-order valence-corrected chi connectivity index (χ3v) is 2.80. The van der Waals surface area contributed by atoms with Gasteiger partial charge in [0.05, 0.1) is 5.88 Å². The average Bonchev–Trinajstić information content (AvgIpc) is 2.53. The van der Waals surface area contributed by atoms with Crippen molar-refractivity contribution >= 4 is 11.8 Å². The molecular weight excluding hydrogens is 172 g/mol. The summed E-state index contributed by atoms with van der Waals surface area (Å²) >= 11 is 1.80. The number of aliphatic hydroxyl groups excluding tert-OH is 1. The van der Waals surface area contributed by atoms with Crippen LogP contribution in [0.1, 0.15) is 13.3 Å². The first-order valence-corrected chi connectivity index (χ1v) is 5.07. The summed E-state index contributed by atoms with van der Waals surface area (Å²) in [4.78, 5) is 0. The predicted octanol–water partition coefficient (Wildman–Crippen LogP) is 1.34. The zero-order valence-corrected chi connectivity index (χ0v) is 8.00. The van der Waals surface area contributed by atoms with Crippen LogP contribution < -0.4 is 0 Å². The number of rotatable bonds is 5. The summed E-state index contributed by atoms with van der Waals surface area (Å²) < 4.78 is 1.89. The Balaban J connectivity index is 2.17. The molecule has 1 aromatic rings. The Morgan fingerprint density at radius 2 is 2.50 bits per heavy atom. The summed E-state index contributed by atoms with van der Waals surface area (Å²) in [5.74, 6) is 0.869. The largest absolute Gasteiger partial charge is 0.396 e. The predicted molar refractivity (Wildman–Crippen MR) is 51.0 cm³/mol. The van der Waals surface area contributed by atoms with Gasteiger partial charge in [0.15, 0.2) is 0 Å². The van der Waals surface area contributed by atoms with Crippen molar-refractivity contribution in [3.63, 3.8) is 0 Å². The van der Waals surface area contributed by atoms with Gasteiger partial charge in [0, 0.05) is 24.3 Å². The highest BCUT2D eigenvalue weighted by Gasteiger charge is 2.01. The van der Waals surface area contributed by atoms with E-state index in [1.54, 1.807) is 18.0 Å². The van der Waals surface area contributed by atoms with Crippen LogP contribution in [-0.2, 0) is 5.88 Å². The Morgan fingerprint density at radius 1 is 1.67 bits per heavy atom. The van der Waals surface area contributed by atoms with Gasteiger partial charge in [0.1, 0.15) is 0 Å². The SMILES string of the molecule is CC(CCO)SCn1cccn1. The summed E-state index contributed by atoms with van der Waals surface area (Å²) in [7, 11) is 0. The molecule has 4 heteroatoms. The molecule has 1 heterocycles. The van der Waals surface area contributed by atoms with E-state index < -0.39 is 0 Å². The molecule has 0 aliphatic heterocycles. The highest BCUT2D eigenvalue weighted by atomic mass is 32.2. The van der Waals surface area contributed by atoms with Gasteiger partial charge in [0.2, 0.25) is 0 Å². The Hall–Kier alpha value is -0.480. The van der Waals surface area contributed by atoms with Crippen LogP contribution in [0.2, 0.25) is 0 Å². The maximum absolute atomic E-state index is 8.66. The van der Waals surface area contributed by atoms with E-state index in [0.29, 0.717) is 5.25 Å². The number of nitrogens with zero attached hydrogens (tertiary/aromatic N) is 2. The van der Waals surface area contributed by atoms with Crippen molar-refractivity contribution in [1.82, 2.24) is 9.78 Å². The van der Waals surface area contributed by atoms with E-state index in [2.05, 4.69) is 12.0 Å². The van der Waals surface area contributed by atoms with Gasteiger partial charge in [-0.15, -0.1) is 11.8 Å². The highest BCUT2D eigenvalue weighted by Crippen LogP contribution is 2.14. The lowest BCUT2D eigenvalue weighted by Crippen LogP contribution is -2.03. The summed E-state index contributed by atoms with van der Waals surface area (Å²) in [6, 6.07) is 1.91. The molecule has 0 spiro atoms. The molecule has 3 nitrogen and oxygen atoms in total. The fourth-order valence-electron chi connectivity index (χ4n) is 0.846. The lowest BCUT2D eigenvalue weighted by atomic mass is 10.4. The van der Waals surface area contributed by atoms with E-state index in [0.717, 1.165) is 12.3 Å². The molecule has 0 amide bonds. The molecule has 0 aromatic carbocycles. The molecule has 0 radical (unpaired) electrons. The second kappa shape index (κ2) is 5.22. The van der Waals surface area contributed by atoms with E-state index in [1.807, 2.05) is 16.9 Å². The molecular formula is C8H14N2OS. The van der Waals surface area contributed by atoms with Gasteiger partial charge in [-0.25, -0.2) is 0 Å². The van der Waals surface area contributed by atoms with Crippen LogP contribution in [0.3, 0.4) is 0 Å². The minimum atomic E-state index is 0.271. The van der Waals surface area contributed by atoms with Crippen molar-refractivity contribution < 1.29 is 5.11 Å². The molecule has 0 saturated heterocycles. The topological polar surface area (TPSA) is 38.0 Å². The molecule has 0 saturated carbocycles. The van der Waals surface area contributed by atoms with Crippen molar-refractivity contribution in [3.05, 3.63) is 18.5 Å². The van der Waals surface area contributed by atoms with Crippen LogP contribution >= 0.6 is 11.8 Å². The normalized spacial score (nSPS) is 13.2. The Kier molecular flexibility index (Phi) is 4.18. The maximum Gasteiger partial charge on any atom is 0.0865 e. The van der Waals surface area contributed by atoms with Crippen LogP contribution in [0.25, 0.3) is 0 Å². The zero-order valence-electron chi connectivity index (χ0n) is 7.18. The first-order valence-electron chi connectivity index (χ1n) is 4.03. The fourth-order valence-corrected chi connectivity index (χ4v) is 1.68. The Bertz CT molecular complexity index is 201. The van der Waals surface area contributed by atoms with Crippen molar-refractivity contribution in [2.24, 2.45) is 0 Å². The van der Waals surface area contributed by atoms with Crippen LogP contribution in [0.4, 0.5) is 0 Å². The van der Waals surface area contributed by atoms with Gasteiger partial charge < -0.3 is 5.11 Å². The van der Waals surface area contributed by atoms with E-state index in [1.165, 1.54) is 0 Å². The fraction of sp³-hybridized carbons (Fsp3) is 0.625. The minimum absolute atomic E-state index is 0.271. The first-order chi connectivity index (χ1) is 5.83. The Labute approximate surface area is 76.8 Å². The minimum Gasteiger partial charge on any atom is -0.396 e. The molecule has 1 atom stereocenters. The third-order valence-electron chi connectivity index (χ3n) is 1.59. The quantitative estimate of drug-likeness (QED) is 0.754. The lowest BCUT2D eigenvalue weighted by Gasteiger charge is -2.08. The van der Waals surface area contributed by atoms with Gasteiger partial charge in [0.25, 0.3) is 0 Å². The highest BCUT2D eigenvalue weighted by molar-refractivity contribution is 7.98. The van der Waals surface area contributed by atoms with Crippen molar-refractivity contribution in [1.29, 1.82) is 0 Å². The zero-order chi connectivity index (χ0) is 8.81. The number of aliphatic hydroxyl groups is 1. The van der Waals surface area contributed by atoms with Crippen LogP contribution in [0, 0.1) is 0 Å². The monoisotopic (exact) mass is 186 g/mol. The first kappa shape index (κ1) is 9.61. The van der Waals surface area contributed by atoms with E-state index in [-0.39, 0.29) is 6.61 Å². The summed E-state index contributed by atoms with van der Waals surface area (Å²) in [6.45, 7) is 2.39. The number of hydrogen-bond acceptors (Lipinski definition) is 3. The number of thioether (sulfide) groups is 1. The van der Waals surface area contributed by atoms with Gasteiger partial charge in [-0.3, -0.25) is 4.68 Å². The second-order valence-corrected chi connectivity index (χ2v) is 4.06. The lowest BCUT2D eigenvalue weighted by molar-refractivity contribution is 0.289. The molecule has 1 N–H and O–H groups in total. The summed E-state index contributed by atoms with van der Waals surface area (Å²) in [5, 5.41) is 13.2. The van der Waals surface area contributed by atoms with E-state index in [9.17, 15) is 0 Å². The van der Waals surface area contributed by atoms with E-state index >= 15 is 0 Å². The van der Waals surface area contributed by atoms with Crippen molar-refractivity contribution in [3.8, 4) is 0 Å². The molecule has 1 unspecified atom stereocenters. The molecule has 1 rings (SSSR count). The standard InChI is InChI=1S/C8H14N2OS/c1-8(3-6-11)12-7-10-5-2-4-9-10/h2,4-5,8,11H,3,6-7H2,1H3. The average molecular weight is 186 g/mol. The summed E-state index contributed by atoms with van der Waals surface area (Å²) in [5.41, 5.74) is 0. The van der Waals surface area contributed by atoms with Gasteiger partial charge in [-0.2, -0.15) is 5.10 Å². The smallest absolute Gasteiger partial charge is 0.0865 e. The second-order valence-electron chi connectivity index (χ2n) is 2.66. The third kappa shape index (κ3) is 3.28. The molecule has 0 aliphatic rings. The van der Waals surface area contributed by atoms with Crippen molar-refractivity contribution in [2.45, 2.75) is 24.5 Å². The van der Waals surface area contributed by atoms with Crippen LogP contribution in [0.5, 0.6) is 0 Å². The molecule has 1 aromatic heterocycles. The van der Waals surface area contributed by atoms with Gasteiger partial charge in [-0.1, -0.05) is 6.92 Å². The van der Waals surface area contributed by atoms with Gasteiger partial charge in [-0.05, 0) is 12.5 Å². The molecule has 0 aliphatic carbocycles. The van der Waals surface area contributed by atoms with Gasteiger partial charge >= 0.3 is 0 Å². The maximum atomic E-state index is 8.66. The van der Waals surface area contributed by atoms with Crippen molar-refractivity contribution in [2.75, 3.05) is 6.61 Å². The number of hydrogen-bond donors (Lipinski definition) is 1. The van der Waals surface area contributed by atoms with Crippen LogP contribution in [0.15, 0.2) is 18.5 Å². The molecule has 0 bridgehead atoms. The molecule has 0 fully saturated rings. The number of aromatic nitrogens is 2. The molecule has 68 valence electrons. The summed E-state index contributed by atoms with van der Waals surface area (Å²) in [6.07, 6.45) is 4.57. The Morgan fingerprint density at radius 3 is 3.08 bits per heavy atom. The van der Waals surface area contributed by atoms with E-state index in [4.69, 9.17) is 5.11 Å². The molecule has 12 heavy (non-hydrogen) atoms. The van der Waals surface area contributed by atoms with Crippen LogP contribution in [-0.4, -0.2) is 26.7 Å².